The maximum atomic E-state index is 14.5. The Bertz CT molecular complexity index is 780. The Kier molecular flexibility index (Phi) is 10.1. The lowest BCUT2D eigenvalue weighted by Crippen LogP contribution is -2.55. The number of benzene rings is 1. The quantitative estimate of drug-likeness (QED) is 0.307. The number of aryl methyl sites for hydroxylation is 1. The molecule has 0 aromatic heterocycles. The fraction of sp³-hybridized carbons (Fsp3) is 0.720. The van der Waals surface area contributed by atoms with Crippen LogP contribution in [0.25, 0.3) is 0 Å². The van der Waals surface area contributed by atoms with Gasteiger partial charge in [0.2, 0.25) is 0 Å². The van der Waals surface area contributed by atoms with E-state index in [1.54, 1.807) is 6.07 Å². The third-order valence-corrected chi connectivity index (χ3v) is 7.28. The third-order valence-electron chi connectivity index (χ3n) is 7.28. The third kappa shape index (κ3) is 6.72. The number of piperidine rings is 1. The van der Waals surface area contributed by atoms with Crippen LogP contribution in [0.3, 0.4) is 0 Å². The molecule has 3 saturated heterocycles. The highest BCUT2D eigenvalue weighted by atomic mass is 127. The molecule has 2 N–H and O–H groups in total. The second kappa shape index (κ2) is 12.5. The van der Waals surface area contributed by atoms with Crippen LogP contribution in [0.2, 0.25) is 0 Å². The summed E-state index contributed by atoms with van der Waals surface area (Å²) >= 11 is 0. The molecule has 3 heterocycles. The maximum absolute atomic E-state index is 14.5. The maximum Gasteiger partial charge on any atom is 0.191 e. The number of likely N-dealkylation sites (tertiary alicyclic amines) is 1. The van der Waals surface area contributed by atoms with Gasteiger partial charge in [-0.25, -0.2) is 4.39 Å². The van der Waals surface area contributed by atoms with E-state index in [1.807, 2.05) is 19.1 Å². The van der Waals surface area contributed by atoms with Crippen LogP contribution in [-0.4, -0.2) is 74.9 Å². The molecule has 4 rings (SSSR count). The molecule has 0 aliphatic carbocycles. The van der Waals surface area contributed by atoms with E-state index in [1.165, 1.54) is 25.9 Å². The predicted octanol–water partition coefficient (Wildman–Crippen LogP) is 3.92. The molecule has 1 unspecified atom stereocenters. The summed E-state index contributed by atoms with van der Waals surface area (Å²) in [7, 11) is 0. The average molecular weight is 574 g/mol. The average Bonchev–Trinajstić information content (AvgIpc) is 3.36. The number of hydrogen-bond acceptors (Lipinski definition) is 4. The summed E-state index contributed by atoms with van der Waals surface area (Å²) in [5, 5.41) is 7.11. The van der Waals surface area contributed by atoms with Gasteiger partial charge < -0.3 is 20.3 Å². The van der Waals surface area contributed by atoms with Crippen molar-refractivity contribution < 1.29 is 9.13 Å². The molecule has 33 heavy (non-hydrogen) atoms. The second-order valence-corrected chi connectivity index (χ2v) is 9.61. The van der Waals surface area contributed by atoms with Crippen LogP contribution in [0.1, 0.15) is 51.0 Å². The van der Waals surface area contributed by atoms with Crippen molar-refractivity contribution in [2.24, 2.45) is 4.99 Å². The molecule has 3 fully saturated rings. The van der Waals surface area contributed by atoms with E-state index >= 15 is 0 Å². The first kappa shape index (κ1) is 26.5. The van der Waals surface area contributed by atoms with Gasteiger partial charge in [-0.2, -0.15) is 0 Å². The molecule has 0 radical (unpaired) electrons. The number of anilines is 1. The molecule has 8 heteroatoms. The summed E-state index contributed by atoms with van der Waals surface area (Å²) in [5.41, 5.74) is 1.93. The molecule has 0 bridgehead atoms. The van der Waals surface area contributed by atoms with Crippen molar-refractivity contribution in [2.45, 2.75) is 64.0 Å². The van der Waals surface area contributed by atoms with Crippen molar-refractivity contribution in [2.75, 3.05) is 57.4 Å². The van der Waals surface area contributed by atoms with Crippen molar-refractivity contribution in [3.63, 3.8) is 0 Å². The fourth-order valence-corrected chi connectivity index (χ4v) is 5.44. The molecule has 0 saturated carbocycles. The van der Waals surface area contributed by atoms with Crippen LogP contribution in [0, 0.1) is 12.7 Å². The van der Waals surface area contributed by atoms with Gasteiger partial charge in [-0.15, -0.1) is 24.0 Å². The van der Waals surface area contributed by atoms with Crippen LogP contribution in [0.5, 0.6) is 0 Å². The van der Waals surface area contributed by atoms with E-state index in [2.05, 4.69) is 27.4 Å². The number of ether oxygens (including phenoxy) is 1. The Hall–Kier alpha value is -1.13. The highest BCUT2D eigenvalue weighted by Crippen LogP contribution is 2.31. The Balaban J connectivity index is 0.00000306. The van der Waals surface area contributed by atoms with Gasteiger partial charge in [0.05, 0.1) is 12.2 Å². The molecule has 1 aromatic rings. The largest absolute Gasteiger partial charge is 0.381 e. The Morgan fingerprint density at radius 2 is 1.94 bits per heavy atom. The normalized spacial score (nSPS) is 23.8. The minimum absolute atomic E-state index is 0. The number of nitrogens with one attached hydrogen (secondary N) is 2. The van der Waals surface area contributed by atoms with Crippen molar-refractivity contribution in [3.8, 4) is 0 Å². The number of rotatable bonds is 6. The Morgan fingerprint density at radius 3 is 2.67 bits per heavy atom. The van der Waals surface area contributed by atoms with Crippen molar-refractivity contribution in [1.29, 1.82) is 0 Å². The zero-order chi connectivity index (χ0) is 22.4. The topological polar surface area (TPSA) is 52.1 Å². The smallest absolute Gasteiger partial charge is 0.191 e. The molecule has 0 amide bonds. The number of hydrogen-bond donors (Lipinski definition) is 2. The van der Waals surface area contributed by atoms with Gasteiger partial charge in [0.15, 0.2) is 5.96 Å². The number of halogens is 2. The minimum atomic E-state index is -0.135. The van der Waals surface area contributed by atoms with Crippen molar-refractivity contribution in [3.05, 3.63) is 29.6 Å². The molecular formula is C25H41FIN5O. The molecule has 6 nitrogen and oxygen atoms in total. The number of guanidine groups is 1. The lowest BCUT2D eigenvalue weighted by molar-refractivity contribution is -0.0139. The van der Waals surface area contributed by atoms with E-state index in [0.29, 0.717) is 5.69 Å². The summed E-state index contributed by atoms with van der Waals surface area (Å²) in [4.78, 5) is 9.92. The fourth-order valence-electron chi connectivity index (χ4n) is 5.44. The summed E-state index contributed by atoms with van der Waals surface area (Å²) in [6.07, 6.45) is 6.80. The van der Waals surface area contributed by atoms with Gasteiger partial charge in [-0.1, -0.05) is 6.07 Å². The molecule has 0 spiro atoms. The van der Waals surface area contributed by atoms with Gasteiger partial charge in [-0.3, -0.25) is 9.89 Å². The SMILES string of the molecule is CCNC(=NCC1(N2CCCC2)CCOCC1)NC1CCCN(c2cc(C)ccc2F)C1.I. The molecule has 186 valence electrons. The molecular weight excluding hydrogens is 532 g/mol. The van der Waals surface area contributed by atoms with E-state index in [0.717, 1.165) is 76.6 Å². The van der Waals surface area contributed by atoms with E-state index in [4.69, 9.17) is 9.73 Å². The summed E-state index contributed by atoms with van der Waals surface area (Å²) in [6, 6.07) is 5.63. The molecule has 3 aliphatic heterocycles. The second-order valence-electron chi connectivity index (χ2n) is 9.61. The van der Waals surface area contributed by atoms with Gasteiger partial charge in [0.1, 0.15) is 5.82 Å². The van der Waals surface area contributed by atoms with Crippen LogP contribution in [-0.2, 0) is 4.74 Å². The summed E-state index contributed by atoms with van der Waals surface area (Å²) in [6.45, 7) is 11.5. The number of nitrogens with zero attached hydrogens (tertiary/aromatic N) is 3. The van der Waals surface area contributed by atoms with Gasteiger partial charge in [0.25, 0.3) is 0 Å². The first-order valence-electron chi connectivity index (χ1n) is 12.5. The van der Waals surface area contributed by atoms with Crippen LogP contribution in [0.15, 0.2) is 23.2 Å². The zero-order valence-corrected chi connectivity index (χ0v) is 22.6. The highest BCUT2D eigenvalue weighted by Gasteiger charge is 2.39. The summed E-state index contributed by atoms with van der Waals surface area (Å²) in [5.74, 6) is 0.748. The lowest BCUT2D eigenvalue weighted by Gasteiger charge is -2.43. The predicted molar refractivity (Wildman–Crippen MR) is 144 cm³/mol. The van der Waals surface area contributed by atoms with Crippen LogP contribution >= 0.6 is 24.0 Å². The summed E-state index contributed by atoms with van der Waals surface area (Å²) < 4.78 is 20.2. The van der Waals surface area contributed by atoms with Gasteiger partial charge in [0, 0.05) is 44.4 Å². The van der Waals surface area contributed by atoms with Crippen LogP contribution < -0.4 is 15.5 Å². The highest BCUT2D eigenvalue weighted by molar-refractivity contribution is 14.0. The Morgan fingerprint density at radius 1 is 1.18 bits per heavy atom. The first-order chi connectivity index (χ1) is 15.6. The number of aliphatic imine (C=N–C) groups is 1. The zero-order valence-electron chi connectivity index (χ0n) is 20.2. The van der Waals surface area contributed by atoms with E-state index in [-0.39, 0.29) is 41.4 Å². The molecule has 3 aliphatic rings. The Labute approximate surface area is 215 Å². The van der Waals surface area contributed by atoms with E-state index < -0.39 is 0 Å². The van der Waals surface area contributed by atoms with E-state index in [9.17, 15) is 4.39 Å². The minimum Gasteiger partial charge on any atom is -0.381 e. The van der Waals surface area contributed by atoms with Crippen LogP contribution in [0.4, 0.5) is 10.1 Å². The van der Waals surface area contributed by atoms with Crippen molar-refractivity contribution in [1.82, 2.24) is 15.5 Å². The van der Waals surface area contributed by atoms with Gasteiger partial charge >= 0.3 is 0 Å². The first-order valence-corrected chi connectivity index (χ1v) is 12.5. The monoisotopic (exact) mass is 573 g/mol. The molecule has 1 aromatic carbocycles. The molecule has 1 atom stereocenters. The van der Waals surface area contributed by atoms with Crippen molar-refractivity contribution >= 4 is 35.6 Å². The lowest BCUT2D eigenvalue weighted by atomic mass is 9.88. The standard InChI is InChI=1S/C25H40FN5O.HI/c1-3-27-24(28-19-25(10-15-32-16-11-25)31-13-4-5-14-31)29-21-7-6-12-30(18-21)23-17-20(2)8-9-22(23)26;/h8-9,17,21H,3-7,10-16,18-19H2,1-2H3,(H2,27,28,29);1H. The van der Waals surface area contributed by atoms with Gasteiger partial charge in [-0.05, 0) is 83.2 Å².